The molecular formula is C15H25N3O. The lowest BCUT2D eigenvalue weighted by Gasteiger charge is -2.17. The first kappa shape index (κ1) is 13.0. The molecule has 0 aromatic carbocycles. The first-order valence-electron chi connectivity index (χ1n) is 7.53. The summed E-state index contributed by atoms with van der Waals surface area (Å²) in [5.74, 6) is 2.86. The molecule has 2 aliphatic rings. The molecule has 0 amide bonds. The molecular weight excluding hydrogens is 238 g/mol. The number of nitrogens with zero attached hydrogens (tertiary/aromatic N) is 2. The van der Waals surface area contributed by atoms with E-state index in [0.717, 1.165) is 48.2 Å². The second-order valence-corrected chi connectivity index (χ2v) is 6.13. The van der Waals surface area contributed by atoms with Crippen LogP contribution in [0.15, 0.2) is 0 Å². The molecule has 106 valence electrons. The van der Waals surface area contributed by atoms with E-state index in [4.69, 9.17) is 4.74 Å². The monoisotopic (exact) mass is 263 g/mol. The van der Waals surface area contributed by atoms with Gasteiger partial charge in [0.05, 0.1) is 5.69 Å². The van der Waals surface area contributed by atoms with Crippen LogP contribution in [0, 0.1) is 25.7 Å². The Morgan fingerprint density at radius 3 is 2.37 bits per heavy atom. The van der Waals surface area contributed by atoms with Gasteiger partial charge >= 0.3 is 0 Å². The minimum Gasteiger partial charge on any atom is -0.488 e. The Labute approximate surface area is 115 Å². The molecule has 0 bridgehead atoms. The van der Waals surface area contributed by atoms with Crippen LogP contribution in [-0.4, -0.2) is 29.0 Å². The molecule has 0 saturated heterocycles. The van der Waals surface area contributed by atoms with Crippen molar-refractivity contribution in [3.05, 3.63) is 11.4 Å². The molecule has 0 atom stereocenters. The van der Waals surface area contributed by atoms with E-state index in [1.807, 2.05) is 18.7 Å². The van der Waals surface area contributed by atoms with Crippen molar-refractivity contribution in [2.24, 2.45) is 18.9 Å². The van der Waals surface area contributed by atoms with Crippen molar-refractivity contribution in [2.45, 2.75) is 45.6 Å². The minimum absolute atomic E-state index is 0.739. The highest BCUT2D eigenvalue weighted by Gasteiger charge is 2.40. The van der Waals surface area contributed by atoms with Crippen LogP contribution in [-0.2, 0) is 7.05 Å². The van der Waals surface area contributed by atoms with Crippen molar-refractivity contribution in [1.82, 2.24) is 15.1 Å². The molecule has 19 heavy (non-hydrogen) atoms. The molecule has 0 spiro atoms. The van der Waals surface area contributed by atoms with Crippen LogP contribution < -0.4 is 10.1 Å². The van der Waals surface area contributed by atoms with E-state index in [0.29, 0.717) is 0 Å². The van der Waals surface area contributed by atoms with E-state index in [-0.39, 0.29) is 0 Å². The lowest BCUT2D eigenvalue weighted by Crippen LogP contribution is -2.36. The van der Waals surface area contributed by atoms with Crippen LogP contribution in [0.25, 0.3) is 0 Å². The Balaban J connectivity index is 1.45. The second-order valence-electron chi connectivity index (χ2n) is 6.13. The Morgan fingerprint density at radius 1 is 1.26 bits per heavy atom. The highest BCUT2D eigenvalue weighted by molar-refractivity contribution is 5.31. The third-order valence-corrected chi connectivity index (χ3v) is 4.43. The van der Waals surface area contributed by atoms with Gasteiger partial charge < -0.3 is 10.1 Å². The molecule has 1 heterocycles. The third kappa shape index (κ3) is 2.94. The standard InChI is InChI=1S/C15H25N3O/c1-10-15(11(2)18(3)17-10)19-9-8-16-14(12-4-5-12)13-6-7-13/h12-14,16H,4-9H2,1-3H3. The summed E-state index contributed by atoms with van der Waals surface area (Å²) < 4.78 is 7.78. The molecule has 0 unspecified atom stereocenters. The zero-order valence-corrected chi connectivity index (χ0v) is 12.3. The molecule has 4 heteroatoms. The largest absolute Gasteiger partial charge is 0.488 e. The highest BCUT2D eigenvalue weighted by Crippen LogP contribution is 2.44. The van der Waals surface area contributed by atoms with Gasteiger partial charge in [-0.1, -0.05) is 0 Å². The van der Waals surface area contributed by atoms with Gasteiger partial charge in [0.1, 0.15) is 12.3 Å². The number of hydrogen-bond acceptors (Lipinski definition) is 3. The summed E-state index contributed by atoms with van der Waals surface area (Å²) in [4.78, 5) is 0. The fourth-order valence-electron chi connectivity index (χ4n) is 2.97. The molecule has 0 aliphatic heterocycles. The molecule has 1 aromatic rings. The van der Waals surface area contributed by atoms with Gasteiger partial charge in [-0.25, -0.2) is 0 Å². The molecule has 2 aliphatic carbocycles. The Bertz CT molecular complexity index is 434. The maximum Gasteiger partial charge on any atom is 0.163 e. The summed E-state index contributed by atoms with van der Waals surface area (Å²) in [6.45, 7) is 5.75. The molecule has 0 radical (unpaired) electrons. The van der Waals surface area contributed by atoms with E-state index in [9.17, 15) is 0 Å². The van der Waals surface area contributed by atoms with Crippen molar-refractivity contribution in [3.8, 4) is 5.75 Å². The zero-order valence-electron chi connectivity index (χ0n) is 12.3. The van der Waals surface area contributed by atoms with Gasteiger partial charge in [0, 0.05) is 19.6 Å². The lowest BCUT2D eigenvalue weighted by atomic mass is 10.1. The van der Waals surface area contributed by atoms with Crippen molar-refractivity contribution >= 4 is 0 Å². The third-order valence-electron chi connectivity index (χ3n) is 4.43. The van der Waals surface area contributed by atoms with E-state index >= 15 is 0 Å². The number of aryl methyl sites for hydroxylation is 2. The molecule has 2 saturated carbocycles. The van der Waals surface area contributed by atoms with Crippen LogP contribution in [0.5, 0.6) is 5.75 Å². The maximum absolute atomic E-state index is 5.89. The fraction of sp³-hybridized carbons (Fsp3) is 0.800. The van der Waals surface area contributed by atoms with Crippen LogP contribution in [0.3, 0.4) is 0 Å². The molecule has 1 aromatic heterocycles. The maximum atomic E-state index is 5.89. The Morgan fingerprint density at radius 2 is 1.89 bits per heavy atom. The van der Waals surface area contributed by atoms with Gasteiger partial charge in [-0.15, -0.1) is 0 Å². The van der Waals surface area contributed by atoms with Gasteiger partial charge in [-0.2, -0.15) is 5.10 Å². The molecule has 2 fully saturated rings. The summed E-state index contributed by atoms with van der Waals surface area (Å²) in [5.41, 5.74) is 2.10. The Kier molecular flexibility index (Phi) is 3.52. The number of ether oxygens (including phenoxy) is 1. The predicted octanol–water partition coefficient (Wildman–Crippen LogP) is 2.19. The quantitative estimate of drug-likeness (QED) is 0.767. The number of hydrogen-bond donors (Lipinski definition) is 1. The van der Waals surface area contributed by atoms with Crippen molar-refractivity contribution in [3.63, 3.8) is 0 Å². The van der Waals surface area contributed by atoms with E-state index in [2.05, 4.69) is 17.3 Å². The molecule has 1 N–H and O–H groups in total. The van der Waals surface area contributed by atoms with E-state index in [1.54, 1.807) is 0 Å². The van der Waals surface area contributed by atoms with Crippen molar-refractivity contribution in [1.29, 1.82) is 0 Å². The second kappa shape index (κ2) is 5.16. The molecule has 3 rings (SSSR count). The summed E-state index contributed by atoms with van der Waals surface area (Å²) in [5, 5.41) is 8.08. The summed E-state index contributed by atoms with van der Waals surface area (Å²) in [6, 6.07) is 0.764. The zero-order chi connectivity index (χ0) is 13.4. The van der Waals surface area contributed by atoms with Gasteiger partial charge in [0.25, 0.3) is 0 Å². The summed E-state index contributed by atoms with van der Waals surface area (Å²) in [6.07, 6.45) is 5.71. The number of rotatable bonds is 7. The van der Waals surface area contributed by atoms with Gasteiger partial charge in [0.2, 0.25) is 0 Å². The normalized spacial score (nSPS) is 19.2. The SMILES string of the molecule is Cc1nn(C)c(C)c1OCCNC(C1CC1)C1CC1. The van der Waals surface area contributed by atoms with E-state index in [1.165, 1.54) is 25.7 Å². The average Bonchev–Trinajstić information content (AvgIpc) is 3.26. The minimum atomic E-state index is 0.739. The first-order chi connectivity index (χ1) is 9.16. The van der Waals surface area contributed by atoms with Crippen LogP contribution in [0.2, 0.25) is 0 Å². The van der Waals surface area contributed by atoms with Crippen molar-refractivity contribution in [2.75, 3.05) is 13.2 Å². The topological polar surface area (TPSA) is 39.1 Å². The Hall–Kier alpha value is -1.03. The number of aromatic nitrogens is 2. The summed E-state index contributed by atoms with van der Waals surface area (Å²) in [7, 11) is 1.96. The fourth-order valence-corrected chi connectivity index (χ4v) is 2.97. The molecule has 4 nitrogen and oxygen atoms in total. The average molecular weight is 263 g/mol. The highest BCUT2D eigenvalue weighted by atomic mass is 16.5. The number of nitrogens with one attached hydrogen (secondary N) is 1. The van der Waals surface area contributed by atoms with Crippen LogP contribution in [0.4, 0.5) is 0 Å². The first-order valence-corrected chi connectivity index (χ1v) is 7.53. The van der Waals surface area contributed by atoms with E-state index < -0.39 is 0 Å². The van der Waals surface area contributed by atoms with Crippen molar-refractivity contribution < 1.29 is 4.74 Å². The van der Waals surface area contributed by atoms with Gasteiger partial charge in [-0.05, 0) is 51.4 Å². The predicted molar refractivity (Wildman–Crippen MR) is 75.4 cm³/mol. The summed E-state index contributed by atoms with van der Waals surface area (Å²) >= 11 is 0. The lowest BCUT2D eigenvalue weighted by molar-refractivity contribution is 0.290. The van der Waals surface area contributed by atoms with Crippen LogP contribution >= 0.6 is 0 Å². The van der Waals surface area contributed by atoms with Gasteiger partial charge in [-0.3, -0.25) is 4.68 Å². The smallest absolute Gasteiger partial charge is 0.163 e. The van der Waals surface area contributed by atoms with Gasteiger partial charge in [0.15, 0.2) is 5.75 Å². The van der Waals surface area contributed by atoms with Crippen LogP contribution in [0.1, 0.15) is 37.1 Å².